The third-order valence-electron chi connectivity index (χ3n) is 4.74. The summed E-state index contributed by atoms with van der Waals surface area (Å²) in [7, 11) is 1.58. The van der Waals surface area contributed by atoms with E-state index < -0.39 is 0 Å². The van der Waals surface area contributed by atoms with Gasteiger partial charge in [0.05, 0.1) is 7.11 Å². The lowest BCUT2D eigenvalue weighted by Crippen LogP contribution is -2.02. The normalized spacial score (nSPS) is 11.1. The molecule has 5 nitrogen and oxygen atoms in total. The lowest BCUT2D eigenvalue weighted by molar-refractivity contribution is 0.412. The number of methoxy groups -OCH3 is 1. The Morgan fingerprint density at radius 3 is 2.78 bits per heavy atom. The molecule has 136 valence electrons. The Hall–Kier alpha value is -3.28. The number of pyridine rings is 2. The van der Waals surface area contributed by atoms with Gasteiger partial charge in [-0.3, -0.25) is 9.38 Å². The van der Waals surface area contributed by atoms with Crippen molar-refractivity contribution < 1.29 is 9.13 Å². The number of ether oxygens (including phenoxy) is 1. The maximum absolute atomic E-state index is 14.1. The number of aromatic nitrogens is 4. The van der Waals surface area contributed by atoms with Crippen molar-refractivity contribution in [3.63, 3.8) is 0 Å². The van der Waals surface area contributed by atoms with Crippen molar-refractivity contribution in [1.29, 1.82) is 0 Å². The molecule has 0 unspecified atom stereocenters. The van der Waals surface area contributed by atoms with E-state index in [0.717, 1.165) is 28.2 Å². The molecule has 1 aromatic carbocycles. The van der Waals surface area contributed by atoms with Crippen LogP contribution in [-0.4, -0.2) is 26.7 Å². The highest BCUT2D eigenvalue weighted by atomic mass is 19.1. The molecule has 0 N–H and O–H groups in total. The maximum atomic E-state index is 14.1. The van der Waals surface area contributed by atoms with E-state index in [1.165, 1.54) is 6.07 Å². The van der Waals surface area contributed by atoms with Crippen LogP contribution in [0.25, 0.3) is 16.8 Å². The van der Waals surface area contributed by atoms with Crippen LogP contribution in [0.1, 0.15) is 17.0 Å². The average molecular weight is 362 g/mol. The highest BCUT2D eigenvalue weighted by molar-refractivity contribution is 5.78. The summed E-state index contributed by atoms with van der Waals surface area (Å²) in [5.41, 5.74) is 5.36. The highest BCUT2D eigenvalue weighted by Gasteiger charge is 2.13. The molecule has 0 saturated heterocycles. The lowest BCUT2D eigenvalue weighted by atomic mass is 10.0. The Labute approximate surface area is 156 Å². The average Bonchev–Trinajstić information content (AvgIpc) is 3.18. The summed E-state index contributed by atoms with van der Waals surface area (Å²) in [6, 6.07) is 12.8. The SMILES string of the molecule is COc1ccc(F)c(CCc2ccc(-c3cccnc3C)c3nncn23)c1. The monoisotopic (exact) mass is 362 g/mol. The van der Waals surface area contributed by atoms with Crippen LogP contribution in [-0.2, 0) is 12.8 Å². The van der Waals surface area contributed by atoms with E-state index >= 15 is 0 Å². The van der Waals surface area contributed by atoms with Crippen LogP contribution in [0.2, 0.25) is 0 Å². The number of hydrogen-bond donors (Lipinski definition) is 0. The number of nitrogens with zero attached hydrogens (tertiary/aromatic N) is 4. The summed E-state index contributed by atoms with van der Waals surface area (Å²) >= 11 is 0. The summed E-state index contributed by atoms with van der Waals surface area (Å²) < 4.78 is 21.3. The minimum absolute atomic E-state index is 0.224. The minimum Gasteiger partial charge on any atom is -0.497 e. The third kappa shape index (κ3) is 3.26. The van der Waals surface area contributed by atoms with Gasteiger partial charge in [-0.25, -0.2) is 4.39 Å². The molecule has 0 atom stereocenters. The second-order valence-electron chi connectivity index (χ2n) is 6.36. The lowest BCUT2D eigenvalue weighted by Gasteiger charge is -2.11. The molecule has 3 heterocycles. The summed E-state index contributed by atoms with van der Waals surface area (Å²) in [4.78, 5) is 4.36. The quantitative estimate of drug-likeness (QED) is 0.538. The van der Waals surface area contributed by atoms with Crippen LogP contribution in [0.3, 0.4) is 0 Å². The van der Waals surface area contributed by atoms with E-state index in [9.17, 15) is 4.39 Å². The Kier molecular flexibility index (Phi) is 4.54. The molecule has 4 rings (SSSR count). The van der Waals surface area contributed by atoms with E-state index in [4.69, 9.17) is 4.74 Å². The number of aryl methyl sites for hydroxylation is 3. The van der Waals surface area contributed by atoms with Gasteiger partial charge in [-0.05, 0) is 61.7 Å². The molecule has 0 fully saturated rings. The predicted molar refractivity (Wildman–Crippen MR) is 101 cm³/mol. The Morgan fingerprint density at radius 2 is 1.96 bits per heavy atom. The molecule has 0 aliphatic rings. The molecule has 0 aliphatic heterocycles. The fraction of sp³-hybridized carbons (Fsp3) is 0.190. The van der Waals surface area contributed by atoms with Gasteiger partial charge in [0.2, 0.25) is 0 Å². The van der Waals surface area contributed by atoms with Crippen molar-refractivity contribution >= 4 is 5.65 Å². The van der Waals surface area contributed by atoms with Gasteiger partial charge in [-0.1, -0.05) is 6.07 Å². The third-order valence-corrected chi connectivity index (χ3v) is 4.74. The topological polar surface area (TPSA) is 52.3 Å². The van der Waals surface area contributed by atoms with Gasteiger partial charge >= 0.3 is 0 Å². The van der Waals surface area contributed by atoms with E-state index in [2.05, 4.69) is 15.2 Å². The van der Waals surface area contributed by atoms with E-state index in [1.807, 2.05) is 35.6 Å². The van der Waals surface area contributed by atoms with Crippen LogP contribution in [0.4, 0.5) is 4.39 Å². The molecule has 0 aliphatic carbocycles. The fourth-order valence-electron chi connectivity index (χ4n) is 3.28. The molecule has 6 heteroatoms. The minimum atomic E-state index is -0.224. The number of hydrogen-bond acceptors (Lipinski definition) is 4. The van der Waals surface area contributed by atoms with Crippen molar-refractivity contribution in [2.24, 2.45) is 0 Å². The first-order chi connectivity index (χ1) is 13.2. The van der Waals surface area contributed by atoms with Crippen molar-refractivity contribution in [2.45, 2.75) is 19.8 Å². The molecule has 3 aromatic heterocycles. The number of fused-ring (bicyclic) bond motifs is 1. The maximum Gasteiger partial charge on any atom is 0.168 e. The van der Waals surface area contributed by atoms with Crippen LogP contribution in [0, 0.1) is 12.7 Å². The van der Waals surface area contributed by atoms with Crippen molar-refractivity contribution in [2.75, 3.05) is 7.11 Å². The highest BCUT2D eigenvalue weighted by Crippen LogP contribution is 2.27. The number of benzene rings is 1. The molecule has 0 amide bonds. The molecule has 0 radical (unpaired) electrons. The molecular formula is C21H19FN4O. The predicted octanol–water partition coefficient (Wildman–Crippen LogP) is 4.03. The second kappa shape index (κ2) is 7.15. The van der Waals surface area contributed by atoms with Gasteiger partial charge in [0, 0.05) is 28.7 Å². The molecular weight excluding hydrogens is 343 g/mol. The van der Waals surface area contributed by atoms with Gasteiger partial charge < -0.3 is 4.74 Å². The zero-order valence-electron chi connectivity index (χ0n) is 15.2. The van der Waals surface area contributed by atoms with Crippen LogP contribution in [0.5, 0.6) is 5.75 Å². The van der Waals surface area contributed by atoms with Crippen LogP contribution in [0.15, 0.2) is 55.0 Å². The Morgan fingerprint density at radius 1 is 1.07 bits per heavy atom. The van der Waals surface area contributed by atoms with Gasteiger partial charge in [0.15, 0.2) is 5.65 Å². The van der Waals surface area contributed by atoms with E-state index in [0.29, 0.717) is 24.2 Å². The summed E-state index contributed by atoms with van der Waals surface area (Å²) in [5, 5.41) is 8.36. The van der Waals surface area contributed by atoms with Crippen LogP contribution >= 0.6 is 0 Å². The first kappa shape index (κ1) is 17.1. The van der Waals surface area contributed by atoms with E-state index in [1.54, 1.807) is 31.8 Å². The molecule has 0 bridgehead atoms. The summed E-state index contributed by atoms with van der Waals surface area (Å²) in [5.74, 6) is 0.432. The summed E-state index contributed by atoms with van der Waals surface area (Å²) in [6.07, 6.45) is 4.69. The fourth-order valence-corrected chi connectivity index (χ4v) is 3.28. The number of halogens is 1. The zero-order chi connectivity index (χ0) is 18.8. The van der Waals surface area contributed by atoms with Gasteiger partial charge in [-0.2, -0.15) is 0 Å². The Bertz CT molecular complexity index is 1110. The molecule has 0 saturated carbocycles. The largest absolute Gasteiger partial charge is 0.497 e. The van der Waals surface area contributed by atoms with Crippen molar-refractivity contribution in [1.82, 2.24) is 19.6 Å². The zero-order valence-corrected chi connectivity index (χ0v) is 15.2. The Balaban J connectivity index is 1.68. The van der Waals surface area contributed by atoms with Gasteiger partial charge in [0.25, 0.3) is 0 Å². The van der Waals surface area contributed by atoms with Crippen LogP contribution < -0.4 is 4.74 Å². The summed E-state index contributed by atoms with van der Waals surface area (Å²) in [6.45, 7) is 1.97. The van der Waals surface area contributed by atoms with Crippen molar-refractivity contribution in [3.8, 4) is 16.9 Å². The first-order valence-corrected chi connectivity index (χ1v) is 8.73. The molecule has 4 aromatic rings. The number of rotatable bonds is 5. The smallest absolute Gasteiger partial charge is 0.168 e. The van der Waals surface area contributed by atoms with Gasteiger partial charge in [0.1, 0.15) is 17.9 Å². The first-order valence-electron chi connectivity index (χ1n) is 8.73. The molecule has 27 heavy (non-hydrogen) atoms. The van der Waals surface area contributed by atoms with Crippen molar-refractivity contribution in [3.05, 3.63) is 77.8 Å². The van der Waals surface area contributed by atoms with Gasteiger partial charge in [-0.15, -0.1) is 10.2 Å². The second-order valence-corrected chi connectivity index (χ2v) is 6.36. The molecule has 0 spiro atoms. The standard InChI is InChI=1S/C21H19FN4O/c1-14-18(4-3-11-23-14)19-9-7-16(26-13-24-25-21(19)26)6-5-15-12-17(27-2)8-10-20(15)22/h3-4,7-13H,5-6H2,1-2H3. The van der Waals surface area contributed by atoms with E-state index in [-0.39, 0.29) is 5.82 Å².